The molecule has 1 N–H and O–H groups in total. The highest BCUT2D eigenvalue weighted by atomic mass is 35.5. The number of carbonyl (C=O) groups excluding carboxylic acids is 1. The maximum atomic E-state index is 13.0. The Hall–Kier alpha value is -1.60. The molecular weight excluding hydrogens is 419 g/mol. The van der Waals surface area contributed by atoms with Crippen molar-refractivity contribution in [3.05, 3.63) is 57.6 Å². The van der Waals surface area contributed by atoms with E-state index in [0.29, 0.717) is 24.4 Å². The minimum Gasteiger partial charge on any atom is -0.325 e. The Morgan fingerprint density at radius 3 is 2.50 bits per heavy atom. The lowest BCUT2D eigenvalue weighted by molar-refractivity contribution is -0.120. The number of amides is 1. The molecule has 0 aromatic heterocycles. The lowest BCUT2D eigenvalue weighted by Gasteiger charge is -2.31. The molecule has 2 aromatic carbocycles. The van der Waals surface area contributed by atoms with Crippen LogP contribution in [0.5, 0.6) is 0 Å². The van der Waals surface area contributed by atoms with Gasteiger partial charge < -0.3 is 5.32 Å². The number of anilines is 1. The number of hydrogen-bond donors (Lipinski definition) is 1. The number of piperidine rings is 1. The van der Waals surface area contributed by atoms with Gasteiger partial charge in [0.15, 0.2) is 0 Å². The lowest BCUT2D eigenvalue weighted by atomic mass is 9.98. The summed E-state index contributed by atoms with van der Waals surface area (Å²) in [5.41, 5.74) is 2.73. The Morgan fingerprint density at radius 2 is 1.82 bits per heavy atom. The molecule has 5 nitrogen and oxygen atoms in total. The highest BCUT2D eigenvalue weighted by Crippen LogP contribution is 2.31. The molecule has 0 radical (unpaired) electrons. The summed E-state index contributed by atoms with van der Waals surface area (Å²) < 4.78 is 27.4. The van der Waals surface area contributed by atoms with Crippen molar-refractivity contribution < 1.29 is 13.2 Å². The third-order valence-corrected chi connectivity index (χ3v) is 7.58. The van der Waals surface area contributed by atoms with Gasteiger partial charge in [-0.2, -0.15) is 4.31 Å². The molecule has 0 aliphatic carbocycles. The van der Waals surface area contributed by atoms with E-state index in [-0.39, 0.29) is 22.4 Å². The highest BCUT2D eigenvalue weighted by molar-refractivity contribution is 7.89. The van der Waals surface area contributed by atoms with Crippen LogP contribution in [0.1, 0.15) is 24.0 Å². The van der Waals surface area contributed by atoms with E-state index in [4.69, 9.17) is 23.2 Å². The molecule has 1 aliphatic heterocycles. The molecule has 28 heavy (non-hydrogen) atoms. The number of benzene rings is 2. The molecule has 0 spiro atoms. The van der Waals surface area contributed by atoms with Gasteiger partial charge >= 0.3 is 0 Å². The number of rotatable bonds is 4. The Labute approximate surface area is 175 Å². The van der Waals surface area contributed by atoms with Crippen molar-refractivity contribution in [1.82, 2.24) is 4.31 Å². The summed E-state index contributed by atoms with van der Waals surface area (Å²) in [7, 11) is -3.83. The minimum atomic E-state index is -3.83. The molecule has 150 valence electrons. The summed E-state index contributed by atoms with van der Waals surface area (Å²) in [5.74, 6) is -0.602. The molecule has 0 bridgehead atoms. The number of nitrogens with zero attached hydrogens (tertiary/aromatic N) is 1. The van der Waals surface area contributed by atoms with Crippen molar-refractivity contribution in [3.8, 4) is 0 Å². The number of aryl methyl sites for hydroxylation is 2. The van der Waals surface area contributed by atoms with E-state index in [9.17, 15) is 13.2 Å². The average molecular weight is 441 g/mol. The van der Waals surface area contributed by atoms with Crippen LogP contribution in [-0.4, -0.2) is 31.7 Å². The maximum absolute atomic E-state index is 13.0. The number of halogens is 2. The van der Waals surface area contributed by atoms with Gasteiger partial charge in [0, 0.05) is 23.8 Å². The van der Waals surface area contributed by atoms with Crippen LogP contribution in [0.25, 0.3) is 0 Å². The Kier molecular flexibility index (Phi) is 6.34. The number of nitrogens with one attached hydrogen (secondary N) is 1. The third kappa shape index (κ3) is 4.35. The van der Waals surface area contributed by atoms with Gasteiger partial charge in [-0.25, -0.2) is 8.42 Å². The Bertz CT molecular complexity index is 988. The standard InChI is InChI=1S/C20H22Cl2N2O3S/c1-13-5-3-6-14(2)19(13)23-20(25)15-7-4-10-24(12-15)28(26,27)18-11-16(21)8-9-17(18)22/h3,5-6,8-9,11,15H,4,7,10,12H2,1-2H3,(H,23,25)/t15-/m1/s1. The molecule has 8 heteroatoms. The van der Waals surface area contributed by atoms with E-state index in [2.05, 4.69) is 5.32 Å². The molecule has 2 aromatic rings. The summed E-state index contributed by atoms with van der Waals surface area (Å²) in [5, 5.41) is 3.39. The fourth-order valence-electron chi connectivity index (χ4n) is 3.43. The molecule has 1 aliphatic rings. The van der Waals surface area contributed by atoms with Gasteiger partial charge in [0.1, 0.15) is 4.90 Å². The van der Waals surface area contributed by atoms with E-state index in [1.807, 2.05) is 32.0 Å². The highest BCUT2D eigenvalue weighted by Gasteiger charge is 2.34. The monoisotopic (exact) mass is 440 g/mol. The van der Waals surface area contributed by atoms with Crippen LogP contribution in [0, 0.1) is 19.8 Å². The van der Waals surface area contributed by atoms with Crippen LogP contribution in [0.15, 0.2) is 41.3 Å². The fraction of sp³-hybridized carbons (Fsp3) is 0.350. The Morgan fingerprint density at radius 1 is 1.14 bits per heavy atom. The van der Waals surface area contributed by atoms with Crippen molar-refractivity contribution in [2.75, 3.05) is 18.4 Å². The summed E-state index contributed by atoms with van der Waals surface area (Å²) in [4.78, 5) is 12.8. The predicted molar refractivity (Wildman–Crippen MR) is 112 cm³/mol. The summed E-state index contributed by atoms with van der Waals surface area (Å²) in [6.07, 6.45) is 1.23. The molecule has 1 amide bonds. The third-order valence-electron chi connectivity index (χ3n) is 5.00. The first-order valence-corrected chi connectivity index (χ1v) is 11.2. The number of carbonyl (C=O) groups is 1. The summed E-state index contributed by atoms with van der Waals surface area (Å²) in [6.45, 7) is 4.32. The average Bonchev–Trinajstić information content (AvgIpc) is 2.66. The van der Waals surface area contributed by atoms with E-state index >= 15 is 0 Å². The minimum absolute atomic E-state index is 0.0301. The zero-order valence-electron chi connectivity index (χ0n) is 15.7. The van der Waals surface area contributed by atoms with Crippen molar-refractivity contribution in [3.63, 3.8) is 0 Å². The SMILES string of the molecule is Cc1cccc(C)c1NC(=O)[C@@H]1CCCN(S(=O)(=O)c2cc(Cl)ccc2Cl)C1. The molecule has 1 atom stereocenters. The molecule has 0 saturated carbocycles. The fourth-order valence-corrected chi connectivity index (χ4v) is 5.69. The van der Waals surface area contributed by atoms with Gasteiger partial charge in [-0.1, -0.05) is 41.4 Å². The van der Waals surface area contributed by atoms with Gasteiger partial charge in [-0.15, -0.1) is 0 Å². The first-order valence-electron chi connectivity index (χ1n) is 9.02. The van der Waals surface area contributed by atoms with Gasteiger partial charge in [0.25, 0.3) is 0 Å². The van der Waals surface area contributed by atoms with Crippen LogP contribution in [0.3, 0.4) is 0 Å². The van der Waals surface area contributed by atoms with Crippen molar-refractivity contribution in [2.45, 2.75) is 31.6 Å². The van der Waals surface area contributed by atoms with Crippen LogP contribution in [-0.2, 0) is 14.8 Å². The van der Waals surface area contributed by atoms with Crippen molar-refractivity contribution in [1.29, 1.82) is 0 Å². The van der Waals surface area contributed by atoms with Gasteiger partial charge in [-0.3, -0.25) is 4.79 Å². The lowest BCUT2D eigenvalue weighted by Crippen LogP contribution is -2.43. The maximum Gasteiger partial charge on any atom is 0.244 e. The van der Waals surface area contributed by atoms with Gasteiger partial charge in [0.05, 0.1) is 10.9 Å². The van der Waals surface area contributed by atoms with Crippen LogP contribution < -0.4 is 5.32 Å². The first kappa shape index (κ1) is 21.1. The predicted octanol–water partition coefficient (Wildman–Crippen LogP) is 4.65. The second kappa shape index (κ2) is 8.41. The van der Waals surface area contributed by atoms with Gasteiger partial charge in [-0.05, 0) is 56.0 Å². The molecule has 1 fully saturated rings. The molecular formula is C20H22Cl2N2O3S. The normalized spacial score (nSPS) is 18.1. The van der Waals surface area contributed by atoms with Crippen molar-refractivity contribution in [2.24, 2.45) is 5.92 Å². The molecule has 3 rings (SSSR count). The summed E-state index contributed by atoms with van der Waals surface area (Å²) in [6, 6.07) is 10.2. The largest absolute Gasteiger partial charge is 0.325 e. The van der Waals surface area contributed by atoms with E-state index < -0.39 is 15.9 Å². The number of sulfonamides is 1. The molecule has 0 unspecified atom stereocenters. The smallest absolute Gasteiger partial charge is 0.244 e. The summed E-state index contributed by atoms with van der Waals surface area (Å²) >= 11 is 12.1. The number of hydrogen-bond acceptors (Lipinski definition) is 3. The van der Waals surface area contributed by atoms with Crippen molar-refractivity contribution >= 4 is 44.8 Å². The molecule has 1 heterocycles. The first-order chi connectivity index (χ1) is 13.2. The Balaban J connectivity index is 1.80. The zero-order chi connectivity index (χ0) is 20.5. The number of para-hydroxylation sites is 1. The second-order valence-corrected chi connectivity index (χ2v) is 9.78. The van der Waals surface area contributed by atoms with Gasteiger partial charge in [0.2, 0.25) is 15.9 Å². The van der Waals surface area contributed by atoms with E-state index in [1.165, 1.54) is 16.4 Å². The second-order valence-electron chi connectivity index (χ2n) is 7.03. The van der Waals surface area contributed by atoms with E-state index in [1.54, 1.807) is 6.07 Å². The quantitative estimate of drug-likeness (QED) is 0.751. The van der Waals surface area contributed by atoms with Crippen LogP contribution in [0.4, 0.5) is 5.69 Å². The topological polar surface area (TPSA) is 66.5 Å². The molecule has 1 saturated heterocycles. The van der Waals surface area contributed by atoms with Crippen LogP contribution >= 0.6 is 23.2 Å². The van der Waals surface area contributed by atoms with Crippen LogP contribution in [0.2, 0.25) is 10.0 Å². The zero-order valence-corrected chi connectivity index (χ0v) is 18.0. The van der Waals surface area contributed by atoms with E-state index in [0.717, 1.165) is 16.8 Å².